The maximum atomic E-state index is 12.6. The van der Waals surface area contributed by atoms with Crippen molar-refractivity contribution in [3.8, 4) is 0 Å². The summed E-state index contributed by atoms with van der Waals surface area (Å²) >= 11 is 12.3. The van der Waals surface area contributed by atoms with Crippen molar-refractivity contribution in [3.63, 3.8) is 0 Å². The molecule has 0 radical (unpaired) electrons. The molecule has 0 aliphatic carbocycles. The SMILES string of the molecule is Cn1cnn(CCC(=O)N2CCCc3cc(Cl)cc(Cl)c32)c1=O. The number of hydrogen-bond donors (Lipinski definition) is 0. The molecule has 122 valence electrons. The molecule has 2 heterocycles. The highest BCUT2D eigenvalue weighted by Gasteiger charge is 2.25. The third-order valence-corrected chi connectivity index (χ3v) is 4.44. The first-order valence-electron chi connectivity index (χ1n) is 7.34. The van der Waals surface area contributed by atoms with E-state index in [-0.39, 0.29) is 24.6 Å². The van der Waals surface area contributed by atoms with Crippen LogP contribution in [0.5, 0.6) is 0 Å². The standard InChI is InChI=1S/C15H16Cl2N4O2/c1-19-9-18-21(15(19)23)6-4-13(22)20-5-2-3-10-7-11(16)8-12(17)14(10)20/h7-9H,2-6H2,1H3. The van der Waals surface area contributed by atoms with Crippen LogP contribution in [0.3, 0.4) is 0 Å². The van der Waals surface area contributed by atoms with Gasteiger partial charge in [0.05, 0.1) is 17.3 Å². The summed E-state index contributed by atoms with van der Waals surface area (Å²) in [7, 11) is 1.62. The van der Waals surface area contributed by atoms with Crippen LogP contribution in [0.1, 0.15) is 18.4 Å². The van der Waals surface area contributed by atoms with E-state index in [4.69, 9.17) is 23.2 Å². The van der Waals surface area contributed by atoms with Gasteiger partial charge in [0.2, 0.25) is 5.91 Å². The second kappa shape index (κ2) is 6.37. The Morgan fingerprint density at radius 2 is 2.13 bits per heavy atom. The van der Waals surface area contributed by atoms with Crippen molar-refractivity contribution in [2.24, 2.45) is 7.05 Å². The molecule has 1 aliphatic heterocycles. The fourth-order valence-corrected chi connectivity index (χ4v) is 3.45. The van der Waals surface area contributed by atoms with Crippen molar-refractivity contribution in [3.05, 3.63) is 44.6 Å². The molecular weight excluding hydrogens is 339 g/mol. The summed E-state index contributed by atoms with van der Waals surface area (Å²) in [5.74, 6) is -0.0762. The second-order valence-electron chi connectivity index (χ2n) is 5.54. The molecule has 2 aromatic rings. The Labute approximate surface area is 143 Å². The van der Waals surface area contributed by atoms with Gasteiger partial charge in [0.25, 0.3) is 0 Å². The Balaban J connectivity index is 1.79. The van der Waals surface area contributed by atoms with E-state index in [1.54, 1.807) is 18.0 Å². The lowest BCUT2D eigenvalue weighted by Crippen LogP contribution is -2.37. The molecule has 1 amide bonds. The second-order valence-corrected chi connectivity index (χ2v) is 6.39. The molecule has 1 aromatic heterocycles. The average Bonchev–Trinajstić information content (AvgIpc) is 2.83. The number of fused-ring (bicyclic) bond motifs is 1. The molecule has 6 nitrogen and oxygen atoms in total. The summed E-state index contributed by atoms with van der Waals surface area (Å²) in [6, 6.07) is 3.50. The molecule has 0 fully saturated rings. The molecule has 0 unspecified atom stereocenters. The number of hydrogen-bond acceptors (Lipinski definition) is 3. The third-order valence-electron chi connectivity index (χ3n) is 3.93. The van der Waals surface area contributed by atoms with Crippen molar-refractivity contribution in [1.29, 1.82) is 0 Å². The Morgan fingerprint density at radius 3 is 2.83 bits per heavy atom. The van der Waals surface area contributed by atoms with Crippen molar-refractivity contribution in [2.75, 3.05) is 11.4 Å². The highest BCUT2D eigenvalue weighted by Crippen LogP contribution is 2.37. The monoisotopic (exact) mass is 354 g/mol. The Bertz CT molecular complexity index is 812. The number of anilines is 1. The van der Waals surface area contributed by atoms with Crippen LogP contribution in [0.15, 0.2) is 23.3 Å². The maximum absolute atomic E-state index is 12.6. The third kappa shape index (κ3) is 3.14. The Morgan fingerprint density at radius 1 is 1.35 bits per heavy atom. The van der Waals surface area contributed by atoms with Gasteiger partial charge in [-0.15, -0.1) is 0 Å². The van der Waals surface area contributed by atoms with Crippen molar-refractivity contribution in [1.82, 2.24) is 14.3 Å². The van der Waals surface area contributed by atoms with Gasteiger partial charge in [0.15, 0.2) is 0 Å². The quantitative estimate of drug-likeness (QED) is 0.849. The number of carbonyl (C=O) groups excluding carboxylic acids is 1. The summed E-state index contributed by atoms with van der Waals surface area (Å²) in [6.07, 6.45) is 3.33. The van der Waals surface area contributed by atoms with Gasteiger partial charge >= 0.3 is 5.69 Å². The van der Waals surface area contributed by atoms with E-state index in [0.29, 0.717) is 16.6 Å². The topological polar surface area (TPSA) is 60.1 Å². The molecule has 0 spiro atoms. The molecule has 8 heteroatoms. The number of rotatable bonds is 3. The molecule has 0 N–H and O–H groups in total. The van der Waals surface area contributed by atoms with Gasteiger partial charge in [-0.1, -0.05) is 23.2 Å². The van der Waals surface area contributed by atoms with Crippen LogP contribution in [0.25, 0.3) is 0 Å². The number of halogens is 2. The first-order valence-corrected chi connectivity index (χ1v) is 8.09. The number of amides is 1. The van der Waals surface area contributed by atoms with Gasteiger partial charge in [0.1, 0.15) is 6.33 Å². The molecule has 1 aliphatic rings. The smallest absolute Gasteiger partial charge is 0.311 e. The zero-order chi connectivity index (χ0) is 16.6. The minimum atomic E-state index is -0.235. The predicted octanol–water partition coefficient (Wildman–Crippen LogP) is 2.26. The molecule has 0 saturated heterocycles. The van der Waals surface area contributed by atoms with E-state index in [2.05, 4.69) is 5.10 Å². The van der Waals surface area contributed by atoms with Gasteiger partial charge in [-0.2, -0.15) is 5.10 Å². The van der Waals surface area contributed by atoms with Crippen LogP contribution >= 0.6 is 23.2 Å². The summed E-state index contributed by atoms with van der Waals surface area (Å²) in [4.78, 5) is 26.0. The summed E-state index contributed by atoms with van der Waals surface area (Å²) in [5.41, 5.74) is 1.49. The number of aromatic nitrogens is 3. The van der Waals surface area contributed by atoms with Crippen LogP contribution in [0.2, 0.25) is 10.0 Å². The van der Waals surface area contributed by atoms with Crippen LogP contribution in [-0.4, -0.2) is 26.8 Å². The lowest BCUT2D eigenvalue weighted by molar-refractivity contribution is -0.119. The van der Waals surface area contributed by atoms with Crippen molar-refractivity contribution >= 4 is 34.8 Å². The number of nitrogens with zero attached hydrogens (tertiary/aromatic N) is 4. The normalized spacial score (nSPS) is 14.0. The first-order chi connectivity index (χ1) is 11.0. The fraction of sp³-hybridized carbons (Fsp3) is 0.400. The Hall–Kier alpha value is -1.79. The minimum absolute atomic E-state index is 0.0762. The van der Waals surface area contributed by atoms with E-state index in [1.807, 2.05) is 6.07 Å². The van der Waals surface area contributed by atoms with Gasteiger partial charge in [-0.25, -0.2) is 9.48 Å². The zero-order valence-corrected chi connectivity index (χ0v) is 14.1. The summed E-state index contributed by atoms with van der Waals surface area (Å²) in [6.45, 7) is 0.861. The molecule has 0 saturated carbocycles. The van der Waals surface area contributed by atoms with E-state index >= 15 is 0 Å². The van der Waals surface area contributed by atoms with Gasteiger partial charge in [-0.05, 0) is 30.5 Å². The average molecular weight is 355 g/mol. The summed E-state index contributed by atoms with van der Waals surface area (Å²) in [5, 5.41) is 5.01. The molecular formula is C15H16Cl2N4O2. The van der Waals surface area contributed by atoms with E-state index in [9.17, 15) is 9.59 Å². The molecule has 0 atom stereocenters. The first kappa shape index (κ1) is 16.1. The highest BCUT2D eigenvalue weighted by atomic mass is 35.5. The molecule has 1 aromatic carbocycles. The molecule has 0 bridgehead atoms. The summed E-state index contributed by atoms with van der Waals surface area (Å²) < 4.78 is 2.66. The molecule has 3 rings (SSSR count). The number of carbonyl (C=O) groups is 1. The zero-order valence-electron chi connectivity index (χ0n) is 12.6. The van der Waals surface area contributed by atoms with Crippen LogP contribution in [-0.2, 0) is 24.8 Å². The van der Waals surface area contributed by atoms with E-state index in [0.717, 1.165) is 24.1 Å². The number of aryl methyl sites for hydroxylation is 3. The van der Waals surface area contributed by atoms with Crippen LogP contribution in [0.4, 0.5) is 5.69 Å². The van der Waals surface area contributed by atoms with Crippen molar-refractivity contribution < 1.29 is 4.79 Å². The number of benzene rings is 1. The van der Waals surface area contributed by atoms with Gasteiger partial charge in [-0.3, -0.25) is 9.36 Å². The fourth-order valence-electron chi connectivity index (χ4n) is 2.81. The lowest BCUT2D eigenvalue weighted by Gasteiger charge is -2.30. The maximum Gasteiger partial charge on any atom is 0.345 e. The largest absolute Gasteiger partial charge is 0.345 e. The Kier molecular flexibility index (Phi) is 4.46. The highest BCUT2D eigenvalue weighted by molar-refractivity contribution is 6.37. The lowest BCUT2D eigenvalue weighted by atomic mass is 10.0. The van der Waals surface area contributed by atoms with Crippen LogP contribution in [0, 0.1) is 0 Å². The van der Waals surface area contributed by atoms with E-state index in [1.165, 1.54) is 15.6 Å². The van der Waals surface area contributed by atoms with E-state index < -0.39 is 0 Å². The minimum Gasteiger partial charge on any atom is -0.311 e. The van der Waals surface area contributed by atoms with Crippen LogP contribution < -0.4 is 10.6 Å². The van der Waals surface area contributed by atoms with Gasteiger partial charge < -0.3 is 4.90 Å². The predicted molar refractivity (Wildman–Crippen MR) is 89.2 cm³/mol. The van der Waals surface area contributed by atoms with Crippen molar-refractivity contribution in [2.45, 2.75) is 25.8 Å². The molecule has 23 heavy (non-hydrogen) atoms. The van der Waals surface area contributed by atoms with Gasteiger partial charge in [0, 0.05) is 25.0 Å².